The van der Waals surface area contributed by atoms with Gasteiger partial charge in [-0.1, -0.05) is 36.4 Å². The summed E-state index contributed by atoms with van der Waals surface area (Å²) < 4.78 is 0. The standard InChI is InChI=1S/C23H22N4O3/c1-2-24-23(30)26-18-12-8-11-17(15-18)25-22(29)19-13-6-7-14-20(19)27-21(28)16-9-4-3-5-10-16/h3-15H,2H2,1H3,(H,25,29)(H,27,28)(H2,24,26,30). The fourth-order valence-corrected chi connectivity index (χ4v) is 2.78. The lowest BCUT2D eigenvalue weighted by Crippen LogP contribution is -2.28. The van der Waals surface area contributed by atoms with Crippen LogP contribution in [0.5, 0.6) is 0 Å². The highest BCUT2D eigenvalue weighted by atomic mass is 16.2. The van der Waals surface area contributed by atoms with E-state index in [0.717, 1.165) is 0 Å². The first-order chi connectivity index (χ1) is 14.6. The number of nitrogens with one attached hydrogen (secondary N) is 4. The quantitative estimate of drug-likeness (QED) is 0.494. The van der Waals surface area contributed by atoms with Gasteiger partial charge in [-0.2, -0.15) is 0 Å². The van der Waals surface area contributed by atoms with Gasteiger partial charge in [-0.15, -0.1) is 0 Å². The van der Waals surface area contributed by atoms with Crippen LogP contribution < -0.4 is 21.3 Å². The van der Waals surface area contributed by atoms with Gasteiger partial charge in [0.15, 0.2) is 0 Å². The number of benzene rings is 3. The summed E-state index contributed by atoms with van der Waals surface area (Å²) in [5.74, 6) is -0.682. The Morgan fingerprint density at radius 3 is 2.10 bits per heavy atom. The molecular formula is C23H22N4O3. The van der Waals surface area contributed by atoms with Gasteiger partial charge in [0.1, 0.15) is 0 Å². The molecule has 7 nitrogen and oxygen atoms in total. The fourth-order valence-electron chi connectivity index (χ4n) is 2.78. The number of carbonyl (C=O) groups is 3. The molecule has 4 N–H and O–H groups in total. The maximum absolute atomic E-state index is 12.8. The summed E-state index contributed by atoms with van der Waals surface area (Å²) in [6.07, 6.45) is 0. The molecule has 0 spiro atoms. The number of amides is 4. The molecule has 0 aliphatic carbocycles. The van der Waals surface area contributed by atoms with Crippen molar-refractivity contribution in [1.82, 2.24) is 5.32 Å². The molecule has 0 bridgehead atoms. The van der Waals surface area contributed by atoms with E-state index in [4.69, 9.17) is 0 Å². The largest absolute Gasteiger partial charge is 0.338 e. The molecule has 0 saturated carbocycles. The molecule has 0 aliphatic heterocycles. The zero-order chi connectivity index (χ0) is 21.3. The minimum atomic E-state index is -0.380. The first-order valence-corrected chi connectivity index (χ1v) is 9.48. The Kier molecular flexibility index (Phi) is 6.78. The van der Waals surface area contributed by atoms with Crippen molar-refractivity contribution in [2.75, 3.05) is 22.5 Å². The van der Waals surface area contributed by atoms with Crippen molar-refractivity contribution in [3.8, 4) is 0 Å². The van der Waals surface area contributed by atoms with E-state index in [9.17, 15) is 14.4 Å². The van der Waals surface area contributed by atoms with Crippen molar-refractivity contribution in [2.45, 2.75) is 6.92 Å². The summed E-state index contributed by atoms with van der Waals surface area (Å²) in [7, 11) is 0. The van der Waals surface area contributed by atoms with E-state index in [1.54, 1.807) is 72.8 Å². The van der Waals surface area contributed by atoms with Crippen molar-refractivity contribution in [3.63, 3.8) is 0 Å². The Bertz CT molecular complexity index is 1050. The Labute approximate surface area is 174 Å². The van der Waals surface area contributed by atoms with Gasteiger partial charge in [-0.25, -0.2) is 4.79 Å². The van der Waals surface area contributed by atoms with Gasteiger partial charge in [0.25, 0.3) is 11.8 Å². The number of urea groups is 1. The second-order valence-corrected chi connectivity index (χ2v) is 6.39. The molecule has 0 atom stereocenters. The van der Waals surface area contributed by atoms with Crippen LogP contribution in [0.1, 0.15) is 27.6 Å². The number of rotatable bonds is 6. The number of para-hydroxylation sites is 1. The Balaban J connectivity index is 1.73. The molecule has 7 heteroatoms. The molecule has 4 amide bonds. The molecule has 0 aliphatic rings. The minimum absolute atomic E-state index is 0.302. The third-order valence-electron chi connectivity index (χ3n) is 4.17. The average molecular weight is 402 g/mol. The lowest BCUT2D eigenvalue weighted by Gasteiger charge is -2.12. The van der Waals surface area contributed by atoms with E-state index < -0.39 is 0 Å². The van der Waals surface area contributed by atoms with Crippen LogP contribution >= 0.6 is 0 Å². The van der Waals surface area contributed by atoms with E-state index in [-0.39, 0.29) is 17.8 Å². The van der Waals surface area contributed by atoms with Crippen LogP contribution in [0.2, 0.25) is 0 Å². The van der Waals surface area contributed by atoms with Gasteiger partial charge in [-0.05, 0) is 49.4 Å². The molecule has 0 fully saturated rings. The molecule has 152 valence electrons. The molecule has 3 rings (SSSR count). The fraction of sp³-hybridized carbons (Fsp3) is 0.0870. The van der Waals surface area contributed by atoms with Gasteiger partial charge in [0, 0.05) is 23.5 Å². The highest BCUT2D eigenvalue weighted by Crippen LogP contribution is 2.20. The van der Waals surface area contributed by atoms with Crippen LogP contribution in [0.25, 0.3) is 0 Å². The van der Waals surface area contributed by atoms with E-state index >= 15 is 0 Å². The third-order valence-corrected chi connectivity index (χ3v) is 4.17. The predicted molar refractivity (Wildman–Crippen MR) is 118 cm³/mol. The SMILES string of the molecule is CCNC(=O)Nc1cccc(NC(=O)c2ccccc2NC(=O)c2ccccc2)c1. The topological polar surface area (TPSA) is 99.3 Å². The Morgan fingerprint density at radius 1 is 0.700 bits per heavy atom. The summed E-state index contributed by atoms with van der Waals surface area (Å²) in [6, 6.07) is 22.0. The van der Waals surface area contributed by atoms with Gasteiger partial charge in [-0.3, -0.25) is 9.59 Å². The van der Waals surface area contributed by atoms with E-state index in [0.29, 0.717) is 34.7 Å². The highest BCUT2D eigenvalue weighted by Gasteiger charge is 2.14. The lowest BCUT2D eigenvalue weighted by atomic mass is 10.1. The maximum atomic E-state index is 12.8. The number of anilines is 3. The van der Waals surface area contributed by atoms with Crippen LogP contribution in [0.4, 0.5) is 21.9 Å². The zero-order valence-corrected chi connectivity index (χ0v) is 16.4. The molecule has 30 heavy (non-hydrogen) atoms. The molecular weight excluding hydrogens is 380 g/mol. The van der Waals surface area contributed by atoms with Gasteiger partial charge >= 0.3 is 6.03 Å². The van der Waals surface area contributed by atoms with Crippen LogP contribution in [-0.2, 0) is 0 Å². The van der Waals surface area contributed by atoms with Crippen molar-refractivity contribution in [1.29, 1.82) is 0 Å². The van der Waals surface area contributed by atoms with Crippen molar-refractivity contribution in [2.24, 2.45) is 0 Å². The van der Waals surface area contributed by atoms with E-state index in [1.807, 2.05) is 13.0 Å². The van der Waals surface area contributed by atoms with Crippen molar-refractivity contribution >= 4 is 34.9 Å². The van der Waals surface area contributed by atoms with Crippen molar-refractivity contribution in [3.05, 3.63) is 90.0 Å². The van der Waals surface area contributed by atoms with E-state index in [1.165, 1.54) is 0 Å². The van der Waals surface area contributed by atoms with E-state index in [2.05, 4.69) is 21.3 Å². The second kappa shape index (κ2) is 9.88. The van der Waals surface area contributed by atoms with Crippen molar-refractivity contribution < 1.29 is 14.4 Å². The Morgan fingerprint density at radius 2 is 1.37 bits per heavy atom. The molecule has 0 heterocycles. The maximum Gasteiger partial charge on any atom is 0.319 e. The summed E-state index contributed by atoms with van der Waals surface area (Å²) in [4.78, 5) is 37.0. The number of hydrogen-bond donors (Lipinski definition) is 4. The summed E-state index contributed by atoms with van der Waals surface area (Å²) >= 11 is 0. The lowest BCUT2D eigenvalue weighted by molar-refractivity contribution is 0.102. The van der Waals surface area contributed by atoms with Gasteiger partial charge in [0.05, 0.1) is 11.3 Å². The first-order valence-electron chi connectivity index (χ1n) is 9.48. The minimum Gasteiger partial charge on any atom is -0.338 e. The van der Waals surface area contributed by atoms with Crippen LogP contribution in [0.15, 0.2) is 78.9 Å². The molecule has 0 saturated heterocycles. The van der Waals surface area contributed by atoms with Gasteiger partial charge in [0.2, 0.25) is 0 Å². The highest BCUT2D eigenvalue weighted by molar-refractivity contribution is 6.12. The summed E-state index contributed by atoms with van der Waals surface area (Å²) in [5.41, 5.74) is 2.28. The molecule has 3 aromatic carbocycles. The van der Waals surface area contributed by atoms with Crippen LogP contribution in [0.3, 0.4) is 0 Å². The first kappa shape index (κ1) is 20.6. The van der Waals surface area contributed by atoms with Gasteiger partial charge < -0.3 is 21.3 Å². The normalized spacial score (nSPS) is 10.0. The number of hydrogen-bond acceptors (Lipinski definition) is 3. The molecule has 0 unspecified atom stereocenters. The third kappa shape index (κ3) is 5.45. The average Bonchev–Trinajstić information content (AvgIpc) is 2.75. The predicted octanol–water partition coefficient (Wildman–Crippen LogP) is 4.33. The monoisotopic (exact) mass is 402 g/mol. The molecule has 0 aromatic heterocycles. The van der Waals surface area contributed by atoms with Crippen LogP contribution in [-0.4, -0.2) is 24.4 Å². The zero-order valence-electron chi connectivity index (χ0n) is 16.4. The smallest absolute Gasteiger partial charge is 0.319 e. The Hall–Kier alpha value is -4.13. The second-order valence-electron chi connectivity index (χ2n) is 6.39. The summed E-state index contributed by atoms with van der Waals surface area (Å²) in [5, 5.41) is 10.9. The molecule has 0 radical (unpaired) electrons. The summed E-state index contributed by atoms with van der Waals surface area (Å²) in [6.45, 7) is 2.33. The molecule has 3 aromatic rings. The van der Waals surface area contributed by atoms with Crippen LogP contribution in [0, 0.1) is 0 Å². The number of carbonyl (C=O) groups excluding carboxylic acids is 3.